The maximum Gasteiger partial charge on any atom is 0.429 e. The number of carbonyl (C=O) groups excluding carboxylic acids is 2. The lowest BCUT2D eigenvalue weighted by Gasteiger charge is -2.23. The van der Waals surface area contributed by atoms with Crippen LogP contribution in [0, 0.1) is 5.92 Å². The van der Waals surface area contributed by atoms with Gasteiger partial charge in [-0.1, -0.05) is 44.2 Å². The summed E-state index contributed by atoms with van der Waals surface area (Å²) in [5.41, 5.74) is 3.31. The van der Waals surface area contributed by atoms with Gasteiger partial charge in [-0.2, -0.15) is 0 Å². The van der Waals surface area contributed by atoms with Gasteiger partial charge in [0, 0.05) is 0 Å². The molecule has 0 saturated carbocycles. The van der Waals surface area contributed by atoms with E-state index in [0.717, 1.165) is 5.56 Å². The molecule has 1 fully saturated rings. The van der Waals surface area contributed by atoms with Crippen molar-refractivity contribution < 1.29 is 19.1 Å². The Balaban J connectivity index is 1.86. The molecule has 1 atom stereocenters. The Hall–Kier alpha value is -2.24. The first kappa shape index (κ1) is 14.2. The Bertz CT molecular complexity index is 475. The van der Waals surface area contributed by atoms with Gasteiger partial charge in [-0.15, -0.1) is 0 Å². The summed E-state index contributed by atoms with van der Waals surface area (Å²) >= 11 is 0. The summed E-state index contributed by atoms with van der Waals surface area (Å²) in [6.45, 7) is 4.34. The van der Waals surface area contributed by atoms with Crippen LogP contribution in [0.15, 0.2) is 30.3 Å². The topological polar surface area (TPSA) is 67.9 Å². The summed E-state index contributed by atoms with van der Waals surface area (Å²) in [5.74, 6) is 0.177. The summed E-state index contributed by atoms with van der Waals surface area (Å²) in [5, 5.41) is 1.19. The zero-order valence-electron chi connectivity index (χ0n) is 11.5. The second kappa shape index (κ2) is 6.27. The normalized spacial score (nSPS) is 18.1. The minimum Gasteiger partial charge on any atom is -0.446 e. The van der Waals surface area contributed by atoms with E-state index in [1.807, 2.05) is 44.2 Å². The predicted octanol–water partition coefficient (Wildman–Crippen LogP) is 2.30. The SMILES string of the molecule is CC(C)[C@@H]1COC(=O)N1NC(=O)OCc1ccccc1. The molecule has 1 aromatic carbocycles. The van der Waals surface area contributed by atoms with E-state index in [-0.39, 0.29) is 25.2 Å². The second-order valence-corrected chi connectivity index (χ2v) is 4.93. The van der Waals surface area contributed by atoms with Crippen molar-refractivity contribution in [1.29, 1.82) is 0 Å². The molecule has 1 aromatic rings. The van der Waals surface area contributed by atoms with Crippen molar-refractivity contribution in [2.24, 2.45) is 5.92 Å². The highest BCUT2D eigenvalue weighted by Crippen LogP contribution is 2.17. The molecule has 1 aliphatic rings. The van der Waals surface area contributed by atoms with E-state index in [0.29, 0.717) is 0 Å². The highest BCUT2D eigenvalue weighted by Gasteiger charge is 2.36. The Morgan fingerprint density at radius 3 is 2.80 bits per heavy atom. The van der Waals surface area contributed by atoms with Crippen LogP contribution in [0.2, 0.25) is 0 Å². The largest absolute Gasteiger partial charge is 0.446 e. The number of ether oxygens (including phenoxy) is 2. The fraction of sp³-hybridized carbons (Fsp3) is 0.429. The van der Waals surface area contributed by atoms with Crippen molar-refractivity contribution in [1.82, 2.24) is 10.4 Å². The number of nitrogens with zero attached hydrogens (tertiary/aromatic N) is 1. The van der Waals surface area contributed by atoms with Gasteiger partial charge in [-0.25, -0.2) is 20.0 Å². The minimum atomic E-state index is -0.668. The van der Waals surface area contributed by atoms with Crippen LogP contribution in [0.25, 0.3) is 0 Å². The first-order valence-electron chi connectivity index (χ1n) is 6.51. The summed E-state index contributed by atoms with van der Waals surface area (Å²) in [7, 11) is 0. The van der Waals surface area contributed by atoms with Gasteiger partial charge in [0.15, 0.2) is 0 Å². The summed E-state index contributed by atoms with van der Waals surface area (Å²) in [4.78, 5) is 23.2. The molecule has 1 aliphatic heterocycles. The molecule has 0 unspecified atom stereocenters. The lowest BCUT2D eigenvalue weighted by atomic mass is 10.1. The van der Waals surface area contributed by atoms with Gasteiger partial charge in [-0.05, 0) is 11.5 Å². The molecular formula is C14H18N2O4. The smallest absolute Gasteiger partial charge is 0.429 e. The number of rotatable bonds is 4. The molecule has 20 heavy (non-hydrogen) atoms. The Kier molecular flexibility index (Phi) is 4.45. The maximum atomic E-state index is 11.7. The quantitative estimate of drug-likeness (QED) is 0.917. The summed E-state index contributed by atoms with van der Waals surface area (Å²) in [6, 6.07) is 9.15. The van der Waals surface area contributed by atoms with E-state index < -0.39 is 12.2 Å². The molecular weight excluding hydrogens is 260 g/mol. The van der Waals surface area contributed by atoms with Gasteiger partial charge in [0.1, 0.15) is 13.2 Å². The van der Waals surface area contributed by atoms with E-state index in [1.165, 1.54) is 5.01 Å². The maximum absolute atomic E-state index is 11.7. The van der Waals surface area contributed by atoms with Crippen LogP contribution in [-0.2, 0) is 16.1 Å². The zero-order chi connectivity index (χ0) is 14.5. The van der Waals surface area contributed by atoms with Gasteiger partial charge in [0.2, 0.25) is 0 Å². The van der Waals surface area contributed by atoms with Gasteiger partial charge in [0.05, 0.1) is 6.04 Å². The molecule has 108 valence electrons. The third kappa shape index (κ3) is 3.40. The lowest BCUT2D eigenvalue weighted by Crippen LogP contribution is -2.49. The highest BCUT2D eigenvalue weighted by atomic mass is 16.6. The third-order valence-corrected chi connectivity index (χ3v) is 3.10. The zero-order valence-corrected chi connectivity index (χ0v) is 11.5. The number of carbonyl (C=O) groups is 2. The van der Waals surface area contributed by atoms with Gasteiger partial charge in [0.25, 0.3) is 0 Å². The first-order valence-corrected chi connectivity index (χ1v) is 6.51. The lowest BCUT2D eigenvalue weighted by molar-refractivity contribution is 0.0940. The van der Waals surface area contributed by atoms with E-state index in [1.54, 1.807) is 0 Å². The molecule has 0 aromatic heterocycles. The second-order valence-electron chi connectivity index (χ2n) is 4.93. The fourth-order valence-electron chi connectivity index (χ4n) is 1.91. The van der Waals surface area contributed by atoms with Crippen molar-refractivity contribution >= 4 is 12.2 Å². The van der Waals surface area contributed by atoms with Gasteiger partial charge >= 0.3 is 12.2 Å². The van der Waals surface area contributed by atoms with Crippen molar-refractivity contribution in [3.05, 3.63) is 35.9 Å². The van der Waals surface area contributed by atoms with Crippen molar-refractivity contribution in [2.75, 3.05) is 6.61 Å². The van der Waals surface area contributed by atoms with E-state index in [4.69, 9.17) is 9.47 Å². The van der Waals surface area contributed by atoms with Crippen LogP contribution < -0.4 is 5.43 Å². The summed E-state index contributed by atoms with van der Waals surface area (Å²) < 4.78 is 9.99. The molecule has 6 heteroatoms. The standard InChI is InChI=1S/C14H18N2O4/c1-10(2)12-9-20-14(18)16(12)15-13(17)19-8-11-6-4-3-5-7-11/h3-7,10,12H,8-9H2,1-2H3,(H,15,17)/t12-/m0/s1. The number of hydrogen-bond donors (Lipinski definition) is 1. The number of amides is 2. The molecule has 0 radical (unpaired) electrons. The molecule has 2 rings (SSSR count). The van der Waals surface area contributed by atoms with Gasteiger partial charge < -0.3 is 9.47 Å². The highest BCUT2D eigenvalue weighted by molar-refractivity contribution is 5.75. The molecule has 0 aliphatic carbocycles. The molecule has 0 spiro atoms. The monoisotopic (exact) mass is 278 g/mol. The Labute approximate surface area is 117 Å². The molecule has 1 heterocycles. The predicted molar refractivity (Wildman–Crippen MR) is 71.6 cm³/mol. The Morgan fingerprint density at radius 2 is 2.15 bits per heavy atom. The van der Waals surface area contributed by atoms with Crippen LogP contribution in [0.4, 0.5) is 9.59 Å². The van der Waals surface area contributed by atoms with E-state index >= 15 is 0 Å². The molecule has 6 nitrogen and oxygen atoms in total. The molecule has 0 bridgehead atoms. The van der Waals surface area contributed by atoms with Gasteiger partial charge in [-0.3, -0.25) is 0 Å². The van der Waals surface area contributed by atoms with Crippen LogP contribution in [0.5, 0.6) is 0 Å². The van der Waals surface area contributed by atoms with Crippen molar-refractivity contribution in [3.63, 3.8) is 0 Å². The Morgan fingerprint density at radius 1 is 1.45 bits per heavy atom. The average Bonchev–Trinajstić information content (AvgIpc) is 2.79. The van der Waals surface area contributed by atoms with E-state index in [2.05, 4.69) is 5.43 Å². The van der Waals surface area contributed by atoms with Crippen molar-refractivity contribution in [3.8, 4) is 0 Å². The number of nitrogens with one attached hydrogen (secondary N) is 1. The number of hydrogen-bond acceptors (Lipinski definition) is 4. The number of cyclic esters (lactones) is 1. The number of benzene rings is 1. The van der Waals surface area contributed by atoms with Crippen LogP contribution in [0.1, 0.15) is 19.4 Å². The fourth-order valence-corrected chi connectivity index (χ4v) is 1.91. The molecule has 1 N–H and O–H groups in total. The van der Waals surface area contributed by atoms with E-state index in [9.17, 15) is 9.59 Å². The third-order valence-electron chi connectivity index (χ3n) is 3.10. The summed E-state index contributed by atoms with van der Waals surface area (Å²) in [6.07, 6.45) is -1.22. The van der Waals surface area contributed by atoms with Crippen LogP contribution in [0.3, 0.4) is 0 Å². The van der Waals surface area contributed by atoms with Crippen molar-refractivity contribution in [2.45, 2.75) is 26.5 Å². The average molecular weight is 278 g/mol. The van der Waals surface area contributed by atoms with Crippen LogP contribution >= 0.6 is 0 Å². The first-order chi connectivity index (χ1) is 9.58. The van der Waals surface area contributed by atoms with Crippen LogP contribution in [-0.4, -0.2) is 29.8 Å². The number of hydrazine groups is 1. The minimum absolute atomic E-state index is 0.155. The molecule has 1 saturated heterocycles. The molecule has 2 amide bonds.